The number of carbonyl (C=O) groups is 1. The molecule has 4 rings (SSSR count). The lowest BCUT2D eigenvalue weighted by atomic mass is 10.2. The number of thioether (sulfide) groups is 1. The van der Waals surface area contributed by atoms with Crippen LogP contribution in [0.25, 0.3) is 11.8 Å². The number of non-ortho nitro benzene ring substituents is 1. The largest absolute Gasteiger partial charge is 0.318 e. The first-order chi connectivity index (χ1) is 14.8. The lowest BCUT2D eigenvalue weighted by Crippen LogP contribution is -2.18. The highest BCUT2D eigenvalue weighted by Gasteiger charge is 2.23. The number of nitrogens with zero attached hydrogens (tertiary/aromatic N) is 2. The van der Waals surface area contributed by atoms with E-state index >= 15 is 0 Å². The minimum absolute atomic E-state index is 0.0781. The third-order valence-electron chi connectivity index (χ3n) is 4.80. The van der Waals surface area contributed by atoms with Crippen LogP contribution in [-0.2, 0) is 4.79 Å². The molecule has 0 unspecified atom stereocenters. The van der Waals surface area contributed by atoms with Crippen LogP contribution in [0.4, 0.5) is 5.69 Å². The molecule has 156 valence electrons. The zero-order chi connectivity index (χ0) is 22.1. The molecule has 31 heavy (non-hydrogen) atoms. The standard InChI is InChI=1S/C22H18N4O3S2/c1-13-11-15(12-20-21(27)24-22(23)31-20)14(2)25(13)16-3-7-18(8-4-16)30-19-9-5-17(6-10-19)26(28)29/h3-12H,1-2H3,(H2,23,24,27)/b20-12+. The molecule has 1 saturated heterocycles. The third kappa shape index (κ3) is 4.42. The Morgan fingerprint density at radius 2 is 1.71 bits per heavy atom. The van der Waals surface area contributed by atoms with E-state index in [1.165, 1.54) is 23.9 Å². The van der Waals surface area contributed by atoms with Crippen molar-refractivity contribution < 1.29 is 9.72 Å². The number of nitrogens with one attached hydrogen (secondary N) is 2. The summed E-state index contributed by atoms with van der Waals surface area (Å²) < 4.78 is 2.12. The van der Waals surface area contributed by atoms with Gasteiger partial charge in [0.1, 0.15) is 0 Å². The molecule has 0 radical (unpaired) electrons. The Bertz CT molecular complexity index is 1230. The fourth-order valence-electron chi connectivity index (χ4n) is 3.35. The predicted molar refractivity (Wildman–Crippen MR) is 124 cm³/mol. The Hall–Kier alpha value is -3.30. The fourth-order valence-corrected chi connectivity index (χ4v) is 4.86. The van der Waals surface area contributed by atoms with Crippen molar-refractivity contribution in [3.05, 3.63) is 86.6 Å². The van der Waals surface area contributed by atoms with Gasteiger partial charge in [-0.15, -0.1) is 0 Å². The van der Waals surface area contributed by atoms with Crippen LogP contribution in [0.3, 0.4) is 0 Å². The van der Waals surface area contributed by atoms with Gasteiger partial charge in [-0.05, 0) is 79.7 Å². The zero-order valence-corrected chi connectivity index (χ0v) is 18.3. The van der Waals surface area contributed by atoms with Crippen molar-refractivity contribution in [1.29, 1.82) is 5.41 Å². The van der Waals surface area contributed by atoms with Crippen LogP contribution in [0.2, 0.25) is 0 Å². The molecule has 3 aromatic rings. The van der Waals surface area contributed by atoms with Crippen LogP contribution >= 0.6 is 23.5 Å². The van der Waals surface area contributed by atoms with Crippen LogP contribution in [0.15, 0.2) is 69.3 Å². The van der Waals surface area contributed by atoms with Crippen LogP contribution in [-0.4, -0.2) is 20.6 Å². The zero-order valence-electron chi connectivity index (χ0n) is 16.7. The molecule has 7 nitrogen and oxygen atoms in total. The highest BCUT2D eigenvalue weighted by molar-refractivity contribution is 8.18. The summed E-state index contributed by atoms with van der Waals surface area (Å²) in [6, 6.07) is 16.6. The molecule has 1 aromatic heterocycles. The molecule has 2 heterocycles. The third-order valence-corrected chi connectivity index (χ3v) is 6.64. The summed E-state index contributed by atoms with van der Waals surface area (Å²) in [5.74, 6) is -0.243. The van der Waals surface area contributed by atoms with E-state index < -0.39 is 4.92 Å². The van der Waals surface area contributed by atoms with Crippen LogP contribution in [0.5, 0.6) is 0 Å². The van der Waals surface area contributed by atoms with Gasteiger partial charge in [0.05, 0.1) is 9.83 Å². The topological polar surface area (TPSA) is 101 Å². The number of amidine groups is 1. The summed E-state index contributed by atoms with van der Waals surface area (Å²) in [7, 11) is 0. The summed E-state index contributed by atoms with van der Waals surface area (Å²) in [4.78, 5) is 24.8. The second-order valence-electron chi connectivity index (χ2n) is 6.90. The smallest absolute Gasteiger partial charge is 0.269 e. The van der Waals surface area contributed by atoms with Gasteiger partial charge in [0.25, 0.3) is 11.6 Å². The molecule has 0 aliphatic carbocycles. The van der Waals surface area contributed by atoms with Gasteiger partial charge in [0.2, 0.25) is 0 Å². The van der Waals surface area contributed by atoms with Crippen molar-refractivity contribution in [1.82, 2.24) is 9.88 Å². The number of hydrogen-bond donors (Lipinski definition) is 2. The fraction of sp³-hybridized carbons (Fsp3) is 0.0909. The molecule has 1 aliphatic heterocycles. The van der Waals surface area contributed by atoms with E-state index in [1.54, 1.807) is 12.1 Å². The minimum atomic E-state index is -0.406. The molecular formula is C22H18N4O3S2. The average Bonchev–Trinajstić information content (AvgIpc) is 3.20. The number of aromatic nitrogens is 1. The highest BCUT2D eigenvalue weighted by Crippen LogP contribution is 2.32. The van der Waals surface area contributed by atoms with E-state index in [1.807, 2.05) is 50.3 Å². The van der Waals surface area contributed by atoms with Crippen molar-refractivity contribution in [2.24, 2.45) is 0 Å². The number of carbonyl (C=O) groups excluding carboxylic acids is 1. The number of amides is 1. The summed E-state index contributed by atoms with van der Waals surface area (Å²) in [6.45, 7) is 4.01. The number of hydrogen-bond acceptors (Lipinski definition) is 6. The van der Waals surface area contributed by atoms with Gasteiger partial charge in [-0.3, -0.25) is 20.3 Å². The first-order valence-corrected chi connectivity index (χ1v) is 11.0. The van der Waals surface area contributed by atoms with E-state index in [9.17, 15) is 14.9 Å². The van der Waals surface area contributed by atoms with Crippen molar-refractivity contribution in [2.45, 2.75) is 23.6 Å². The van der Waals surface area contributed by atoms with E-state index in [2.05, 4.69) is 9.88 Å². The molecule has 0 saturated carbocycles. The first-order valence-electron chi connectivity index (χ1n) is 9.33. The SMILES string of the molecule is Cc1cc(/C=C2/SC(=N)NC2=O)c(C)n1-c1ccc(Sc2ccc([N+](=O)[O-])cc2)cc1. The summed E-state index contributed by atoms with van der Waals surface area (Å²) in [5, 5.41) is 21.0. The van der Waals surface area contributed by atoms with Crippen molar-refractivity contribution in [3.8, 4) is 5.69 Å². The van der Waals surface area contributed by atoms with Gasteiger partial charge in [-0.2, -0.15) is 0 Å². The molecule has 1 aliphatic rings. The molecule has 1 fully saturated rings. The van der Waals surface area contributed by atoms with E-state index in [0.717, 1.165) is 44.2 Å². The van der Waals surface area contributed by atoms with Gasteiger partial charge in [-0.25, -0.2) is 0 Å². The predicted octanol–water partition coefficient (Wildman–Crippen LogP) is 5.29. The Morgan fingerprint density at radius 1 is 1.10 bits per heavy atom. The van der Waals surface area contributed by atoms with Crippen LogP contribution in [0.1, 0.15) is 17.0 Å². The van der Waals surface area contributed by atoms with Crippen molar-refractivity contribution >= 4 is 46.4 Å². The molecule has 1 amide bonds. The molecule has 0 spiro atoms. The molecular weight excluding hydrogens is 432 g/mol. The first kappa shape index (κ1) is 21.0. The highest BCUT2D eigenvalue weighted by atomic mass is 32.2. The Morgan fingerprint density at radius 3 is 2.26 bits per heavy atom. The van der Waals surface area contributed by atoms with E-state index in [0.29, 0.717) is 4.91 Å². The Kier molecular flexibility index (Phi) is 5.71. The van der Waals surface area contributed by atoms with Gasteiger partial charge < -0.3 is 9.88 Å². The Labute approximate surface area is 187 Å². The summed E-state index contributed by atoms with van der Waals surface area (Å²) in [6.07, 6.45) is 1.82. The van der Waals surface area contributed by atoms with Crippen LogP contribution in [0, 0.1) is 29.4 Å². The number of rotatable bonds is 5. The van der Waals surface area contributed by atoms with E-state index in [-0.39, 0.29) is 16.8 Å². The second-order valence-corrected chi connectivity index (χ2v) is 9.10. The Balaban J connectivity index is 1.56. The van der Waals surface area contributed by atoms with Gasteiger partial charge in [0, 0.05) is 39.0 Å². The second kappa shape index (κ2) is 8.44. The monoisotopic (exact) mass is 450 g/mol. The minimum Gasteiger partial charge on any atom is -0.318 e. The number of nitro benzene ring substituents is 1. The normalized spacial score (nSPS) is 14.8. The maximum atomic E-state index is 11.9. The number of aryl methyl sites for hydroxylation is 1. The molecule has 2 aromatic carbocycles. The number of nitro groups is 1. The van der Waals surface area contributed by atoms with Crippen molar-refractivity contribution in [2.75, 3.05) is 0 Å². The summed E-state index contributed by atoms with van der Waals surface area (Å²) in [5.41, 5.74) is 4.07. The summed E-state index contributed by atoms with van der Waals surface area (Å²) >= 11 is 2.67. The van der Waals surface area contributed by atoms with Gasteiger partial charge in [0.15, 0.2) is 5.17 Å². The molecule has 2 N–H and O–H groups in total. The lowest BCUT2D eigenvalue weighted by Gasteiger charge is -2.11. The number of benzene rings is 2. The average molecular weight is 451 g/mol. The van der Waals surface area contributed by atoms with E-state index in [4.69, 9.17) is 5.41 Å². The van der Waals surface area contributed by atoms with Crippen LogP contribution < -0.4 is 5.32 Å². The van der Waals surface area contributed by atoms with Crippen molar-refractivity contribution in [3.63, 3.8) is 0 Å². The van der Waals surface area contributed by atoms with Gasteiger partial charge >= 0.3 is 0 Å². The molecule has 0 bridgehead atoms. The molecule has 9 heteroatoms. The van der Waals surface area contributed by atoms with Gasteiger partial charge in [-0.1, -0.05) is 11.8 Å². The quantitative estimate of drug-likeness (QED) is 0.312. The molecule has 0 atom stereocenters. The lowest BCUT2D eigenvalue weighted by molar-refractivity contribution is -0.384. The maximum absolute atomic E-state index is 11.9. The maximum Gasteiger partial charge on any atom is 0.269 e.